The minimum Gasteiger partial charge on any atom is -0.467 e. The lowest BCUT2D eigenvalue weighted by molar-refractivity contribution is -0.150. The highest BCUT2D eigenvalue weighted by atomic mass is 79.9. The van der Waals surface area contributed by atoms with Crippen LogP contribution in [0.3, 0.4) is 0 Å². The van der Waals surface area contributed by atoms with Crippen LogP contribution in [0.25, 0.3) is 11.0 Å². The van der Waals surface area contributed by atoms with Crippen LogP contribution in [0.1, 0.15) is 11.7 Å². The molecule has 0 aliphatic heterocycles. The summed E-state index contributed by atoms with van der Waals surface area (Å²) in [5.41, 5.74) is 1.16. The van der Waals surface area contributed by atoms with Gasteiger partial charge in [-0.15, -0.1) is 0 Å². The van der Waals surface area contributed by atoms with Crippen molar-refractivity contribution in [3.05, 3.63) is 34.5 Å². The Labute approximate surface area is 99.9 Å². The lowest BCUT2D eigenvalue weighted by Crippen LogP contribution is -2.13. The van der Waals surface area contributed by atoms with Crippen LogP contribution in [0.5, 0.6) is 0 Å². The fraction of sp³-hybridized carbons (Fsp3) is 0.182. The van der Waals surface area contributed by atoms with E-state index in [1.165, 1.54) is 7.11 Å². The van der Waals surface area contributed by atoms with E-state index in [2.05, 4.69) is 20.7 Å². The average Bonchev–Trinajstić information content (AvgIpc) is 2.68. The number of aliphatic hydroxyl groups is 1. The zero-order valence-electron chi connectivity index (χ0n) is 8.44. The third kappa shape index (κ3) is 1.83. The van der Waals surface area contributed by atoms with Crippen molar-refractivity contribution in [1.82, 2.24) is 0 Å². The summed E-state index contributed by atoms with van der Waals surface area (Å²) in [6, 6.07) is 5.01. The zero-order chi connectivity index (χ0) is 11.7. The maximum absolute atomic E-state index is 11.2. The Bertz CT molecular complexity index is 532. The molecule has 0 aliphatic carbocycles. The normalized spacial score (nSPS) is 12.7. The number of hydrogen-bond acceptors (Lipinski definition) is 4. The standard InChI is InChI=1S/C11H9BrO4/c1-15-11(14)10(13)6-2-3-9-7(4-6)8(12)5-16-9/h2-5,10,13H,1H3. The minimum atomic E-state index is -1.27. The van der Waals surface area contributed by atoms with Crippen LogP contribution in [0.2, 0.25) is 0 Å². The molecule has 0 radical (unpaired) electrons. The molecule has 1 aromatic heterocycles. The lowest BCUT2D eigenvalue weighted by Gasteiger charge is -2.08. The van der Waals surface area contributed by atoms with E-state index in [1.54, 1.807) is 24.5 Å². The Morgan fingerprint density at radius 3 is 3.00 bits per heavy atom. The molecule has 1 heterocycles. The molecule has 0 saturated heterocycles. The number of halogens is 1. The number of fused-ring (bicyclic) bond motifs is 1. The fourth-order valence-electron chi connectivity index (χ4n) is 1.43. The molecular weight excluding hydrogens is 276 g/mol. The molecule has 1 atom stereocenters. The average molecular weight is 285 g/mol. The van der Waals surface area contributed by atoms with E-state index in [1.807, 2.05) is 0 Å². The van der Waals surface area contributed by atoms with Crippen LogP contribution < -0.4 is 0 Å². The van der Waals surface area contributed by atoms with Crippen LogP contribution in [0, 0.1) is 0 Å². The van der Waals surface area contributed by atoms with Crippen LogP contribution >= 0.6 is 15.9 Å². The number of methoxy groups -OCH3 is 1. The monoisotopic (exact) mass is 284 g/mol. The second-order valence-corrected chi connectivity index (χ2v) is 4.12. The van der Waals surface area contributed by atoms with Crippen molar-refractivity contribution >= 4 is 32.9 Å². The first-order chi connectivity index (χ1) is 7.63. The summed E-state index contributed by atoms with van der Waals surface area (Å²) in [6.07, 6.45) is 0.287. The molecule has 0 aliphatic rings. The number of furan rings is 1. The summed E-state index contributed by atoms with van der Waals surface area (Å²) in [5, 5.41) is 10.5. The van der Waals surface area contributed by atoms with Crippen molar-refractivity contribution in [3.8, 4) is 0 Å². The number of benzene rings is 1. The topological polar surface area (TPSA) is 59.7 Å². The highest BCUT2D eigenvalue weighted by molar-refractivity contribution is 9.10. The summed E-state index contributed by atoms with van der Waals surface area (Å²) in [5.74, 6) is -0.682. The van der Waals surface area contributed by atoms with Crippen LogP contribution in [0.4, 0.5) is 0 Å². The molecule has 0 fully saturated rings. The Morgan fingerprint density at radius 2 is 2.31 bits per heavy atom. The number of hydrogen-bond donors (Lipinski definition) is 1. The molecule has 0 amide bonds. The molecule has 1 N–H and O–H groups in total. The number of carbonyl (C=O) groups excluding carboxylic acids is 1. The molecule has 0 bridgehead atoms. The number of carbonyl (C=O) groups is 1. The van der Waals surface area contributed by atoms with Gasteiger partial charge in [0.05, 0.1) is 11.6 Å². The predicted octanol–water partition coefficient (Wildman–Crippen LogP) is 2.40. The molecule has 1 aromatic carbocycles. The van der Waals surface area contributed by atoms with Gasteiger partial charge in [-0.3, -0.25) is 0 Å². The Kier molecular flexibility index (Phi) is 2.98. The molecule has 0 spiro atoms. The molecule has 0 saturated carbocycles. The predicted molar refractivity (Wildman–Crippen MR) is 60.9 cm³/mol. The van der Waals surface area contributed by atoms with Crippen molar-refractivity contribution in [1.29, 1.82) is 0 Å². The van der Waals surface area contributed by atoms with Gasteiger partial charge in [0.1, 0.15) is 11.8 Å². The third-order valence-electron chi connectivity index (χ3n) is 2.29. The maximum atomic E-state index is 11.2. The van der Waals surface area contributed by atoms with Gasteiger partial charge < -0.3 is 14.3 Å². The van der Waals surface area contributed by atoms with Gasteiger partial charge in [0.15, 0.2) is 6.10 Å². The summed E-state index contributed by atoms with van der Waals surface area (Å²) < 4.78 is 10.5. The SMILES string of the molecule is COC(=O)C(O)c1ccc2occ(Br)c2c1. The molecule has 2 rings (SSSR count). The number of esters is 1. The minimum absolute atomic E-state index is 0.474. The van der Waals surface area contributed by atoms with Gasteiger partial charge in [-0.05, 0) is 33.6 Å². The van der Waals surface area contributed by atoms with E-state index in [4.69, 9.17) is 4.42 Å². The molecule has 5 heteroatoms. The van der Waals surface area contributed by atoms with E-state index in [0.29, 0.717) is 11.1 Å². The first kappa shape index (κ1) is 11.2. The molecule has 2 aromatic rings. The van der Waals surface area contributed by atoms with Gasteiger partial charge in [-0.1, -0.05) is 6.07 Å². The van der Waals surface area contributed by atoms with E-state index >= 15 is 0 Å². The largest absolute Gasteiger partial charge is 0.467 e. The van der Waals surface area contributed by atoms with E-state index < -0.39 is 12.1 Å². The van der Waals surface area contributed by atoms with Gasteiger partial charge in [0.25, 0.3) is 0 Å². The smallest absolute Gasteiger partial charge is 0.339 e. The van der Waals surface area contributed by atoms with Crippen LogP contribution in [0.15, 0.2) is 33.4 Å². The zero-order valence-corrected chi connectivity index (χ0v) is 10.0. The molecule has 4 nitrogen and oxygen atoms in total. The number of rotatable bonds is 2. The second kappa shape index (κ2) is 4.27. The van der Waals surface area contributed by atoms with Crippen molar-refractivity contribution in [2.75, 3.05) is 7.11 Å². The lowest BCUT2D eigenvalue weighted by atomic mass is 10.1. The van der Waals surface area contributed by atoms with Gasteiger partial charge in [0.2, 0.25) is 0 Å². The van der Waals surface area contributed by atoms with Gasteiger partial charge in [-0.2, -0.15) is 0 Å². The molecule has 16 heavy (non-hydrogen) atoms. The third-order valence-corrected chi connectivity index (χ3v) is 2.90. The first-order valence-corrected chi connectivity index (χ1v) is 5.35. The van der Waals surface area contributed by atoms with E-state index in [-0.39, 0.29) is 0 Å². The van der Waals surface area contributed by atoms with Crippen LogP contribution in [-0.4, -0.2) is 18.2 Å². The summed E-state index contributed by atoms with van der Waals surface area (Å²) in [7, 11) is 1.23. The summed E-state index contributed by atoms with van der Waals surface area (Å²) >= 11 is 3.31. The maximum Gasteiger partial charge on any atom is 0.339 e. The van der Waals surface area contributed by atoms with Crippen molar-refractivity contribution in [3.63, 3.8) is 0 Å². The number of ether oxygens (including phenoxy) is 1. The fourth-order valence-corrected chi connectivity index (χ4v) is 1.84. The Hall–Kier alpha value is -1.33. The molecular formula is C11H9BrO4. The summed E-state index contributed by atoms with van der Waals surface area (Å²) in [6.45, 7) is 0. The number of aliphatic hydroxyl groups excluding tert-OH is 1. The molecule has 84 valence electrons. The van der Waals surface area contributed by atoms with E-state index in [0.717, 1.165) is 9.86 Å². The van der Waals surface area contributed by atoms with Crippen LogP contribution in [-0.2, 0) is 9.53 Å². The Balaban J connectivity index is 2.45. The molecule has 1 unspecified atom stereocenters. The first-order valence-electron chi connectivity index (χ1n) is 4.56. The van der Waals surface area contributed by atoms with Gasteiger partial charge in [0, 0.05) is 5.39 Å². The van der Waals surface area contributed by atoms with Gasteiger partial charge in [-0.25, -0.2) is 4.79 Å². The highest BCUT2D eigenvalue weighted by Gasteiger charge is 2.18. The quantitative estimate of drug-likeness (QED) is 0.861. The summed E-state index contributed by atoms with van der Waals surface area (Å²) in [4.78, 5) is 11.2. The second-order valence-electron chi connectivity index (χ2n) is 3.26. The van der Waals surface area contributed by atoms with Gasteiger partial charge >= 0.3 is 5.97 Å². The highest BCUT2D eigenvalue weighted by Crippen LogP contribution is 2.28. The van der Waals surface area contributed by atoms with Crippen molar-refractivity contribution in [2.45, 2.75) is 6.10 Å². The van der Waals surface area contributed by atoms with Crippen molar-refractivity contribution in [2.24, 2.45) is 0 Å². The van der Waals surface area contributed by atoms with E-state index in [9.17, 15) is 9.90 Å². The Morgan fingerprint density at radius 1 is 1.56 bits per heavy atom. The van der Waals surface area contributed by atoms with Crippen molar-refractivity contribution < 1.29 is 19.1 Å².